The van der Waals surface area contributed by atoms with Crippen LogP contribution in [0.4, 0.5) is 0 Å². The summed E-state index contributed by atoms with van der Waals surface area (Å²) in [4.78, 5) is 14.9. The molecule has 0 N–H and O–H groups in total. The summed E-state index contributed by atoms with van der Waals surface area (Å²) in [6, 6.07) is 68.7. The van der Waals surface area contributed by atoms with Gasteiger partial charge in [-0.25, -0.2) is 15.0 Å². The zero-order valence-electron chi connectivity index (χ0n) is 30.2. The quantitative estimate of drug-likeness (QED) is 0.171. The molecule has 5 heteroatoms. The van der Waals surface area contributed by atoms with Gasteiger partial charge in [0.25, 0.3) is 0 Å². The van der Waals surface area contributed by atoms with E-state index >= 15 is 0 Å². The Morgan fingerprint density at radius 2 is 0.875 bits per heavy atom. The van der Waals surface area contributed by atoms with Gasteiger partial charge in [-0.2, -0.15) is 0 Å². The summed E-state index contributed by atoms with van der Waals surface area (Å²) in [5.74, 6) is 1.98. The van der Waals surface area contributed by atoms with Crippen molar-refractivity contribution in [3.8, 4) is 62.1 Å². The Labute approximate surface area is 327 Å². The molecule has 0 amide bonds. The number of para-hydroxylation sites is 1. The third-order valence-corrected chi connectivity index (χ3v) is 11.9. The van der Waals surface area contributed by atoms with E-state index in [-0.39, 0.29) is 0 Å². The third kappa shape index (κ3) is 5.48. The van der Waals surface area contributed by atoms with Gasteiger partial charge in [0.2, 0.25) is 0 Å². The van der Waals surface area contributed by atoms with Crippen LogP contribution in [-0.2, 0) is 0 Å². The highest BCUT2D eigenvalue weighted by Gasteiger charge is 2.17. The van der Waals surface area contributed by atoms with Crippen LogP contribution in [-0.4, -0.2) is 19.5 Å². The molecular weight excluding hydrogens is 701 g/mol. The van der Waals surface area contributed by atoms with E-state index in [1.54, 1.807) is 0 Å². The highest BCUT2D eigenvalue weighted by molar-refractivity contribution is 7.26. The van der Waals surface area contributed by atoms with Crippen molar-refractivity contribution >= 4 is 53.3 Å². The Hall–Kier alpha value is -7.21. The lowest BCUT2D eigenvalue weighted by molar-refractivity contribution is 1.07. The number of hydrogen-bond acceptors (Lipinski definition) is 4. The molecule has 0 spiro atoms. The van der Waals surface area contributed by atoms with Crippen LogP contribution >= 0.6 is 11.3 Å². The number of fused-ring (bicyclic) bond motifs is 6. The number of rotatable bonds is 6. The first-order chi connectivity index (χ1) is 27.7. The second-order valence-corrected chi connectivity index (χ2v) is 15.1. The van der Waals surface area contributed by atoms with Crippen LogP contribution in [0.1, 0.15) is 0 Å². The van der Waals surface area contributed by atoms with Crippen molar-refractivity contribution in [3.63, 3.8) is 0 Å². The molecule has 0 atom stereocenters. The minimum Gasteiger partial charge on any atom is -0.309 e. The normalized spacial score (nSPS) is 11.6. The number of hydrogen-bond donors (Lipinski definition) is 0. The fourth-order valence-electron chi connectivity index (χ4n) is 7.95. The van der Waals surface area contributed by atoms with Crippen LogP contribution in [0.2, 0.25) is 0 Å². The van der Waals surface area contributed by atoms with Gasteiger partial charge >= 0.3 is 0 Å². The summed E-state index contributed by atoms with van der Waals surface area (Å²) in [6.07, 6.45) is 0. The second-order valence-electron chi connectivity index (χ2n) is 14.0. The van der Waals surface area contributed by atoms with Crippen LogP contribution in [0.3, 0.4) is 0 Å². The van der Waals surface area contributed by atoms with E-state index in [2.05, 4.69) is 138 Å². The van der Waals surface area contributed by atoms with Gasteiger partial charge in [0, 0.05) is 53.3 Å². The van der Waals surface area contributed by atoms with Crippen molar-refractivity contribution in [1.29, 1.82) is 0 Å². The molecule has 4 nitrogen and oxygen atoms in total. The van der Waals surface area contributed by atoms with E-state index in [0.29, 0.717) is 17.5 Å². The second kappa shape index (κ2) is 13.3. The molecule has 0 aliphatic rings. The van der Waals surface area contributed by atoms with Crippen LogP contribution in [0.5, 0.6) is 0 Å². The van der Waals surface area contributed by atoms with Crippen LogP contribution < -0.4 is 0 Å². The first-order valence-corrected chi connectivity index (χ1v) is 19.6. The Morgan fingerprint density at radius 1 is 0.339 bits per heavy atom. The lowest BCUT2D eigenvalue weighted by Gasteiger charge is -2.10. The molecule has 0 bridgehead atoms. The van der Waals surface area contributed by atoms with Crippen molar-refractivity contribution in [2.24, 2.45) is 0 Å². The van der Waals surface area contributed by atoms with Gasteiger partial charge in [0.05, 0.1) is 11.0 Å². The summed E-state index contributed by atoms with van der Waals surface area (Å²) in [6.45, 7) is 0. The number of thiophene rings is 1. The molecule has 0 aliphatic heterocycles. The van der Waals surface area contributed by atoms with Gasteiger partial charge in [0.1, 0.15) is 0 Å². The molecule has 11 aromatic rings. The molecular formula is C51H32N4S. The molecule has 3 aromatic heterocycles. The van der Waals surface area contributed by atoms with E-state index in [4.69, 9.17) is 15.0 Å². The molecule has 0 unspecified atom stereocenters. The van der Waals surface area contributed by atoms with Gasteiger partial charge in [-0.1, -0.05) is 158 Å². The van der Waals surface area contributed by atoms with Crippen molar-refractivity contribution in [2.45, 2.75) is 0 Å². The van der Waals surface area contributed by atoms with Crippen molar-refractivity contribution in [1.82, 2.24) is 19.5 Å². The van der Waals surface area contributed by atoms with Gasteiger partial charge in [-0.3, -0.25) is 0 Å². The maximum absolute atomic E-state index is 5.00. The van der Waals surface area contributed by atoms with Crippen LogP contribution in [0.25, 0.3) is 104 Å². The molecule has 8 aromatic carbocycles. The zero-order valence-corrected chi connectivity index (χ0v) is 31.0. The van der Waals surface area contributed by atoms with Crippen LogP contribution in [0.15, 0.2) is 194 Å². The smallest absolute Gasteiger partial charge is 0.164 e. The number of benzene rings is 8. The molecule has 3 heterocycles. The van der Waals surface area contributed by atoms with Gasteiger partial charge in [0.15, 0.2) is 17.5 Å². The molecule has 0 aliphatic carbocycles. The number of aromatic nitrogens is 4. The number of nitrogens with zero attached hydrogens (tertiary/aromatic N) is 4. The Balaban J connectivity index is 1.02. The summed E-state index contributed by atoms with van der Waals surface area (Å²) < 4.78 is 4.85. The molecule has 0 fully saturated rings. The minimum absolute atomic E-state index is 0.661. The first kappa shape index (κ1) is 32.2. The predicted molar refractivity (Wildman–Crippen MR) is 234 cm³/mol. The molecule has 56 heavy (non-hydrogen) atoms. The van der Waals surface area contributed by atoms with Crippen LogP contribution in [0, 0.1) is 0 Å². The monoisotopic (exact) mass is 732 g/mol. The standard InChI is InChI=1S/C51H32N4S/c1-4-13-33(14-5-1)34-23-27-39(28-24-34)55-45-22-11-10-19-41(45)44-31-37(26-30-46(44)55)40-20-12-21-43-42-29-25-38(32-47(42)56-48(40)43)51-53-49(35-15-6-2-7-16-35)52-50(54-51)36-17-8-3-9-18-36/h1-32H. The lowest BCUT2D eigenvalue weighted by Crippen LogP contribution is -1.99. The Morgan fingerprint density at radius 3 is 1.57 bits per heavy atom. The van der Waals surface area contributed by atoms with E-state index in [1.807, 2.05) is 72.0 Å². The summed E-state index contributed by atoms with van der Waals surface area (Å²) >= 11 is 1.83. The van der Waals surface area contributed by atoms with E-state index < -0.39 is 0 Å². The highest BCUT2D eigenvalue weighted by atomic mass is 32.1. The Kier molecular flexibility index (Phi) is 7.64. The highest BCUT2D eigenvalue weighted by Crippen LogP contribution is 2.43. The molecule has 0 radical (unpaired) electrons. The van der Waals surface area contributed by atoms with Gasteiger partial charge in [-0.15, -0.1) is 11.3 Å². The predicted octanol–water partition coefficient (Wildman–Crippen LogP) is 13.7. The first-order valence-electron chi connectivity index (χ1n) is 18.8. The molecule has 262 valence electrons. The summed E-state index contributed by atoms with van der Waals surface area (Å²) in [7, 11) is 0. The van der Waals surface area contributed by atoms with E-state index in [9.17, 15) is 0 Å². The molecule has 11 rings (SSSR count). The van der Waals surface area contributed by atoms with Crippen molar-refractivity contribution < 1.29 is 0 Å². The van der Waals surface area contributed by atoms with Crippen molar-refractivity contribution in [2.75, 3.05) is 0 Å². The summed E-state index contributed by atoms with van der Waals surface area (Å²) in [5, 5.41) is 4.96. The molecule has 0 saturated carbocycles. The summed E-state index contributed by atoms with van der Waals surface area (Å²) in [5.41, 5.74) is 11.3. The van der Waals surface area contributed by atoms with Crippen molar-refractivity contribution in [3.05, 3.63) is 194 Å². The largest absolute Gasteiger partial charge is 0.309 e. The maximum Gasteiger partial charge on any atom is 0.164 e. The Bertz CT molecular complexity index is 3160. The van der Waals surface area contributed by atoms with Gasteiger partial charge in [-0.05, 0) is 58.7 Å². The minimum atomic E-state index is 0.661. The average molecular weight is 733 g/mol. The van der Waals surface area contributed by atoms with E-state index in [0.717, 1.165) is 22.4 Å². The topological polar surface area (TPSA) is 43.6 Å². The fraction of sp³-hybridized carbons (Fsp3) is 0. The fourth-order valence-corrected chi connectivity index (χ4v) is 9.23. The average Bonchev–Trinajstić information content (AvgIpc) is 3.82. The van der Waals surface area contributed by atoms with E-state index in [1.165, 1.54) is 64.2 Å². The maximum atomic E-state index is 5.00. The third-order valence-electron chi connectivity index (χ3n) is 10.7. The SMILES string of the molecule is c1ccc(-c2ccc(-n3c4ccccc4c4cc(-c5cccc6c5sc5cc(-c7nc(-c8ccccc8)nc(-c8ccccc8)n7)ccc56)ccc43)cc2)cc1. The molecule has 0 saturated heterocycles. The zero-order chi connectivity index (χ0) is 37.0. The van der Waals surface area contributed by atoms with Gasteiger partial charge < -0.3 is 4.57 Å². The lowest BCUT2D eigenvalue weighted by atomic mass is 10.0.